The Morgan fingerprint density at radius 2 is 1.59 bits per heavy atom. The Morgan fingerprint density at radius 1 is 1.05 bits per heavy atom. The summed E-state index contributed by atoms with van der Waals surface area (Å²) in [4.78, 5) is 11.9. The van der Waals surface area contributed by atoms with Gasteiger partial charge >= 0.3 is 6.18 Å². The summed E-state index contributed by atoms with van der Waals surface area (Å²) < 4.78 is 37.1. The summed E-state index contributed by atoms with van der Waals surface area (Å²) in [6, 6.07) is 11.0. The number of alkyl halides is 3. The van der Waals surface area contributed by atoms with E-state index >= 15 is 0 Å². The number of carbonyl (C=O) groups excluding carboxylic acids is 1. The molecule has 1 atom stereocenters. The maximum absolute atomic E-state index is 12.4. The Balaban J connectivity index is 2.08. The van der Waals surface area contributed by atoms with Gasteiger partial charge in [-0.3, -0.25) is 4.79 Å². The largest absolute Gasteiger partial charge is 0.418 e. The molecule has 0 heterocycles. The van der Waals surface area contributed by atoms with Crippen LogP contribution < -0.4 is 5.32 Å². The third-order valence-corrected chi connectivity index (χ3v) is 3.15. The van der Waals surface area contributed by atoms with Gasteiger partial charge in [-0.15, -0.1) is 0 Å². The van der Waals surface area contributed by atoms with Gasteiger partial charge in [0.2, 0.25) is 0 Å². The van der Waals surface area contributed by atoms with E-state index in [0.717, 1.165) is 12.1 Å². The van der Waals surface area contributed by atoms with Crippen LogP contribution in [-0.4, -0.2) is 17.2 Å². The highest BCUT2D eigenvalue weighted by Crippen LogP contribution is 2.32. The molecule has 0 saturated heterocycles. The fourth-order valence-corrected chi connectivity index (χ4v) is 1.87. The van der Waals surface area contributed by atoms with Crippen molar-refractivity contribution in [1.82, 2.24) is 0 Å². The number of hydrogen-bond donors (Lipinski definition) is 2. The Morgan fingerprint density at radius 3 is 2.09 bits per heavy atom. The van der Waals surface area contributed by atoms with E-state index in [4.69, 9.17) is 16.7 Å². The molecule has 22 heavy (non-hydrogen) atoms. The molecule has 7 heteroatoms. The average molecular weight is 330 g/mol. The fourth-order valence-electron chi connectivity index (χ4n) is 1.74. The summed E-state index contributed by atoms with van der Waals surface area (Å²) in [6.45, 7) is 0. The minimum Gasteiger partial charge on any atom is -0.379 e. The van der Waals surface area contributed by atoms with E-state index in [9.17, 15) is 18.0 Å². The molecule has 116 valence electrons. The van der Waals surface area contributed by atoms with E-state index in [1.165, 1.54) is 24.3 Å². The highest BCUT2D eigenvalue weighted by atomic mass is 35.5. The molecule has 1 amide bonds. The minimum absolute atomic E-state index is 0.294. The first-order valence-electron chi connectivity index (χ1n) is 6.19. The summed E-state index contributed by atoms with van der Waals surface area (Å²) >= 11 is 5.71. The molecule has 2 aromatic carbocycles. The highest BCUT2D eigenvalue weighted by Gasteiger charge is 2.39. The van der Waals surface area contributed by atoms with Crippen LogP contribution in [0.15, 0.2) is 48.5 Å². The van der Waals surface area contributed by atoms with Crippen molar-refractivity contribution < 1.29 is 23.1 Å². The van der Waals surface area contributed by atoms with Gasteiger partial charge in [0.05, 0.1) is 0 Å². The van der Waals surface area contributed by atoms with Crippen molar-refractivity contribution >= 4 is 23.2 Å². The molecule has 0 aliphatic carbocycles. The zero-order valence-corrected chi connectivity index (χ0v) is 11.8. The number of rotatable bonds is 3. The van der Waals surface area contributed by atoms with Crippen LogP contribution in [0.5, 0.6) is 0 Å². The van der Waals surface area contributed by atoms with Gasteiger partial charge in [-0.2, -0.15) is 13.2 Å². The predicted molar refractivity (Wildman–Crippen MR) is 76.9 cm³/mol. The predicted octanol–water partition coefficient (Wildman–Crippen LogP) is 4.19. The van der Waals surface area contributed by atoms with Crippen LogP contribution in [0, 0.1) is 0 Å². The lowest BCUT2D eigenvalue weighted by Crippen LogP contribution is -2.20. The number of carbonyl (C=O) groups is 1. The highest BCUT2D eigenvalue weighted by molar-refractivity contribution is 6.30. The minimum atomic E-state index is -4.73. The van der Waals surface area contributed by atoms with Crippen molar-refractivity contribution in [2.24, 2.45) is 0 Å². The van der Waals surface area contributed by atoms with Crippen LogP contribution in [0.25, 0.3) is 0 Å². The van der Waals surface area contributed by atoms with Crippen molar-refractivity contribution in [3.63, 3.8) is 0 Å². The number of hydrogen-bond acceptors (Lipinski definition) is 2. The number of halogens is 4. The van der Waals surface area contributed by atoms with E-state index in [0.29, 0.717) is 16.3 Å². The molecule has 0 fully saturated rings. The third kappa shape index (κ3) is 3.99. The van der Waals surface area contributed by atoms with Gasteiger partial charge in [-0.25, -0.2) is 0 Å². The Hall–Kier alpha value is -2.05. The van der Waals surface area contributed by atoms with E-state index in [1.54, 1.807) is 12.1 Å². The monoisotopic (exact) mass is 329 g/mol. The van der Waals surface area contributed by atoms with Gasteiger partial charge in [0.15, 0.2) is 6.10 Å². The Bertz CT molecular complexity index is 654. The standard InChI is InChI=1S/C15H11ClF3NO2/c16-11-5-1-10(2-6-11)14(22)20-12-7-3-9(4-8-12)13(21)15(17,18)19/h1-8,13,21H,(H,20,22). The summed E-state index contributed by atoms with van der Waals surface area (Å²) in [5, 5.41) is 12.1. The molecule has 2 aromatic rings. The normalized spacial score (nSPS) is 12.8. The molecule has 1 unspecified atom stereocenters. The van der Waals surface area contributed by atoms with Gasteiger partial charge in [-0.1, -0.05) is 23.7 Å². The topological polar surface area (TPSA) is 49.3 Å². The molecule has 2 rings (SSSR count). The summed E-state index contributed by atoms with van der Waals surface area (Å²) in [5.41, 5.74) is 0.388. The number of anilines is 1. The van der Waals surface area contributed by atoms with Gasteiger partial charge in [-0.05, 0) is 42.0 Å². The van der Waals surface area contributed by atoms with E-state index in [2.05, 4.69) is 5.32 Å². The summed E-state index contributed by atoms with van der Waals surface area (Å²) in [5.74, 6) is -0.416. The molecule has 0 spiro atoms. The number of benzene rings is 2. The second kappa shape index (κ2) is 6.37. The smallest absolute Gasteiger partial charge is 0.379 e. The lowest BCUT2D eigenvalue weighted by atomic mass is 10.1. The lowest BCUT2D eigenvalue weighted by molar-refractivity contribution is -0.206. The van der Waals surface area contributed by atoms with Gasteiger partial charge in [0.1, 0.15) is 0 Å². The van der Waals surface area contributed by atoms with E-state index < -0.39 is 18.2 Å². The first-order valence-corrected chi connectivity index (χ1v) is 6.57. The molecule has 3 nitrogen and oxygen atoms in total. The zero-order chi connectivity index (χ0) is 16.3. The molecule has 0 aliphatic rings. The van der Waals surface area contributed by atoms with Crippen molar-refractivity contribution in [2.75, 3.05) is 5.32 Å². The Kier molecular flexibility index (Phi) is 4.73. The maximum atomic E-state index is 12.4. The first kappa shape index (κ1) is 16.3. The van der Waals surface area contributed by atoms with Crippen molar-refractivity contribution in [3.05, 3.63) is 64.7 Å². The van der Waals surface area contributed by atoms with Gasteiger partial charge < -0.3 is 10.4 Å². The Labute approximate surface area is 129 Å². The van der Waals surface area contributed by atoms with E-state index in [-0.39, 0.29) is 5.56 Å². The van der Waals surface area contributed by atoms with Crippen LogP contribution in [0.2, 0.25) is 5.02 Å². The number of nitrogens with one attached hydrogen (secondary N) is 1. The molecule has 0 aliphatic heterocycles. The molecule has 0 radical (unpaired) electrons. The SMILES string of the molecule is O=C(Nc1ccc(C(O)C(F)(F)F)cc1)c1ccc(Cl)cc1. The van der Waals surface area contributed by atoms with Crippen molar-refractivity contribution in [1.29, 1.82) is 0 Å². The zero-order valence-electron chi connectivity index (χ0n) is 11.1. The van der Waals surface area contributed by atoms with Crippen LogP contribution >= 0.6 is 11.6 Å². The van der Waals surface area contributed by atoms with Crippen molar-refractivity contribution in [3.8, 4) is 0 Å². The summed E-state index contributed by atoms with van der Waals surface area (Å²) in [6.07, 6.45) is -7.28. The van der Waals surface area contributed by atoms with Crippen LogP contribution in [0.1, 0.15) is 22.0 Å². The fraction of sp³-hybridized carbons (Fsp3) is 0.133. The van der Waals surface area contributed by atoms with Crippen molar-refractivity contribution in [2.45, 2.75) is 12.3 Å². The van der Waals surface area contributed by atoms with Crippen LogP contribution in [-0.2, 0) is 0 Å². The molecule has 0 bridgehead atoms. The number of amides is 1. The number of aliphatic hydroxyl groups excluding tert-OH is 1. The third-order valence-electron chi connectivity index (χ3n) is 2.90. The van der Waals surface area contributed by atoms with Gasteiger partial charge in [0.25, 0.3) is 5.91 Å². The van der Waals surface area contributed by atoms with E-state index in [1.807, 2.05) is 0 Å². The van der Waals surface area contributed by atoms with Crippen LogP contribution in [0.3, 0.4) is 0 Å². The average Bonchev–Trinajstić information content (AvgIpc) is 2.47. The molecule has 0 aromatic heterocycles. The van der Waals surface area contributed by atoms with Crippen LogP contribution in [0.4, 0.5) is 18.9 Å². The van der Waals surface area contributed by atoms with Gasteiger partial charge in [0, 0.05) is 16.3 Å². The summed E-state index contributed by atoms with van der Waals surface area (Å²) in [7, 11) is 0. The molecule has 2 N–H and O–H groups in total. The quantitative estimate of drug-likeness (QED) is 0.887. The molecular weight excluding hydrogens is 319 g/mol. The number of aliphatic hydroxyl groups is 1. The maximum Gasteiger partial charge on any atom is 0.418 e. The second-order valence-corrected chi connectivity index (χ2v) is 4.96. The second-order valence-electron chi connectivity index (χ2n) is 4.53. The lowest BCUT2D eigenvalue weighted by Gasteiger charge is -2.15. The molecule has 0 saturated carbocycles. The molecular formula is C15H11ClF3NO2. The first-order chi connectivity index (χ1) is 10.3.